The zero-order chi connectivity index (χ0) is 25.1. The van der Waals surface area contributed by atoms with Crippen LogP contribution < -0.4 is 20.4 Å². The third kappa shape index (κ3) is 4.99. The van der Waals surface area contributed by atoms with Crippen molar-refractivity contribution in [1.29, 1.82) is 0 Å². The average Bonchev–Trinajstić information content (AvgIpc) is 3.68. The fraction of sp³-hybridized carbons (Fsp3) is 0.481. The van der Waals surface area contributed by atoms with Gasteiger partial charge < -0.3 is 24.3 Å². The number of fused-ring (bicyclic) bond motifs is 1. The standard InChI is InChI=1S/C27H30FN3O4/c1-5-7-18(8-6-2)16-35-27(33)21-15-31(19-9-10-19)23-20(25(21)32)13-22(28)24(26(23)34-4)30-12-11-29-17(3)14-30/h1-2,13,15,17-19,29H,7-12,14,16H2,3-4H3. The number of hydrogen-bond donors (Lipinski definition) is 1. The van der Waals surface area contributed by atoms with E-state index >= 15 is 4.39 Å². The number of pyridine rings is 1. The van der Waals surface area contributed by atoms with Gasteiger partial charge in [0.15, 0.2) is 11.6 Å². The number of aromatic nitrogens is 1. The molecule has 0 radical (unpaired) electrons. The highest BCUT2D eigenvalue weighted by Gasteiger charge is 2.32. The predicted molar refractivity (Wildman–Crippen MR) is 133 cm³/mol. The molecule has 0 amide bonds. The van der Waals surface area contributed by atoms with E-state index in [1.807, 2.05) is 16.4 Å². The minimum Gasteiger partial charge on any atom is -0.492 e. The Morgan fingerprint density at radius 2 is 2.03 bits per heavy atom. The van der Waals surface area contributed by atoms with E-state index in [9.17, 15) is 9.59 Å². The summed E-state index contributed by atoms with van der Waals surface area (Å²) in [6.45, 7) is 3.96. The molecule has 1 saturated heterocycles. The molecule has 8 heteroatoms. The van der Waals surface area contributed by atoms with Crippen LogP contribution in [0.1, 0.15) is 49.0 Å². The molecule has 1 aliphatic heterocycles. The number of esters is 1. The number of ether oxygens (including phenoxy) is 2. The Hall–Kier alpha value is -3.49. The van der Waals surface area contributed by atoms with Gasteiger partial charge in [0.05, 0.1) is 24.6 Å². The van der Waals surface area contributed by atoms with E-state index in [2.05, 4.69) is 17.2 Å². The Morgan fingerprint density at radius 1 is 1.31 bits per heavy atom. The van der Waals surface area contributed by atoms with Crippen LogP contribution in [0.25, 0.3) is 10.9 Å². The fourth-order valence-corrected chi connectivity index (χ4v) is 4.65. The number of terminal acetylenes is 2. The van der Waals surface area contributed by atoms with E-state index < -0.39 is 17.2 Å². The van der Waals surface area contributed by atoms with Crippen molar-refractivity contribution in [1.82, 2.24) is 9.88 Å². The first kappa shape index (κ1) is 24.6. The molecule has 2 aromatic rings. The molecule has 4 rings (SSSR count). The van der Waals surface area contributed by atoms with Gasteiger partial charge in [-0.05, 0) is 25.8 Å². The van der Waals surface area contributed by atoms with E-state index in [1.165, 1.54) is 19.4 Å². The van der Waals surface area contributed by atoms with Crippen molar-refractivity contribution in [2.75, 3.05) is 38.3 Å². The van der Waals surface area contributed by atoms with Crippen LogP contribution in [0.3, 0.4) is 0 Å². The van der Waals surface area contributed by atoms with Crippen LogP contribution in [0.15, 0.2) is 17.1 Å². The maximum absolute atomic E-state index is 15.5. The van der Waals surface area contributed by atoms with Gasteiger partial charge in [0.25, 0.3) is 0 Å². The van der Waals surface area contributed by atoms with Crippen molar-refractivity contribution in [2.45, 2.75) is 44.7 Å². The van der Waals surface area contributed by atoms with Crippen LogP contribution in [0.2, 0.25) is 0 Å². The van der Waals surface area contributed by atoms with Gasteiger partial charge in [-0.25, -0.2) is 9.18 Å². The highest BCUT2D eigenvalue weighted by atomic mass is 19.1. The number of hydrogen-bond acceptors (Lipinski definition) is 6. The summed E-state index contributed by atoms with van der Waals surface area (Å²) in [7, 11) is 1.48. The topological polar surface area (TPSA) is 72.8 Å². The zero-order valence-corrected chi connectivity index (χ0v) is 20.1. The Labute approximate surface area is 204 Å². The number of nitrogens with zero attached hydrogens (tertiary/aromatic N) is 2. The Bertz CT molecular complexity index is 1250. The SMILES string of the molecule is C#CCC(CC#C)COC(=O)c1cn(C2CC2)c2c(OC)c(N3CCNC(C)C3)c(F)cc2c1=O. The summed E-state index contributed by atoms with van der Waals surface area (Å²) >= 11 is 0. The molecule has 1 aromatic heterocycles. The molecule has 1 saturated carbocycles. The summed E-state index contributed by atoms with van der Waals surface area (Å²) in [5.41, 5.74) is 0.0971. The van der Waals surface area contributed by atoms with Gasteiger partial charge in [-0.3, -0.25) is 4.79 Å². The molecular formula is C27H30FN3O4. The van der Waals surface area contributed by atoms with E-state index in [-0.39, 0.29) is 35.6 Å². The smallest absolute Gasteiger partial charge is 0.343 e. The van der Waals surface area contributed by atoms with Gasteiger partial charge in [0.1, 0.15) is 11.3 Å². The van der Waals surface area contributed by atoms with Gasteiger partial charge in [0.2, 0.25) is 5.43 Å². The fourth-order valence-electron chi connectivity index (χ4n) is 4.65. The summed E-state index contributed by atoms with van der Waals surface area (Å²) in [4.78, 5) is 28.3. The summed E-state index contributed by atoms with van der Waals surface area (Å²) in [5, 5.41) is 3.44. The number of nitrogens with one attached hydrogen (secondary N) is 1. The normalized spacial score (nSPS) is 17.8. The Kier molecular flexibility index (Phi) is 7.33. The number of halogens is 1. The molecule has 1 atom stereocenters. The highest BCUT2D eigenvalue weighted by Crippen LogP contribution is 2.43. The monoisotopic (exact) mass is 479 g/mol. The van der Waals surface area contributed by atoms with Gasteiger partial charge in [-0.2, -0.15) is 0 Å². The van der Waals surface area contributed by atoms with Gasteiger partial charge >= 0.3 is 5.97 Å². The molecule has 2 fully saturated rings. The number of benzene rings is 1. The van der Waals surface area contributed by atoms with Gasteiger partial charge in [-0.15, -0.1) is 24.7 Å². The third-order valence-corrected chi connectivity index (χ3v) is 6.51. The van der Waals surface area contributed by atoms with Crippen molar-refractivity contribution < 1.29 is 18.7 Å². The highest BCUT2D eigenvalue weighted by molar-refractivity contribution is 5.97. The molecule has 7 nitrogen and oxygen atoms in total. The maximum Gasteiger partial charge on any atom is 0.343 e. The molecule has 0 bridgehead atoms. The second kappa shape index (κ2) is 10.4. The van der Waals surface area contributed by atoms with E-state index in [4.69, 9.17) is 22.3 Å². The first-order valence-corrected chi connectivity index (χ1v) is 11.9. The number of carbonyl (C=O) groups excluding carboxylic acids is 1. The summed E-state index contributed by atoms with van der Waals surface area (Å²) < 4.78 is 28.5. The zero-order valence-electron chi connectivity index (χ0n) is 20.1. The van der Waals surface area contributed by atoms with E-state index in [1.54, 1.807) is 0 Å². The quantitative estimate of drug-likeness (QED) is 0.464. The van der Waals surface area contributed by atoms with Crippen LogP contribution >= 0.6 is 0 Å². The minimum atomic E-state index is -0.773. The molecule has 35 heavy (non-hydrogen) atoms. The first-order chi connectivity index (χ1) is 16.9. The van der Waals surface area contributed by atoms with Gasteiger partial charge in [-0.1, -0.05) is 0 Å². The molecule has 184 valence electrons. The largest absolute Gasteiger partial charge is 0.492 e. The lowest BCUT2D eigenvalue weighted by atomic mass is 10.0. The first-order valence-electron chi connectivity index (χ1n) is 11.9. The lowest BCUT2D eigenvalue weighted by molar-refractivity contribution is 0.0442. The third-order valence-electron chi connectivity index (χ3n) is 6.51. The molecule has 1 aromatic carbocycles. The summed E-state index contributed by atoms with van der Waals surface area (Å²) in [6.07, 6.45) is 14.8. The molecular weight excluding hydrogens is 449 g/mol. The molecule has 0 spiro atoms. The Balaban J connectivity index is 1.79. The molecule has 2 aliphatic rings. The second-order valence-corrected chi connectivity index (χ2v) is 9.23. The second-order valence-electron chi connectivity index (χ2n) is 9.23. The van der Waals surface area contributed by atoms with E-state index in [0.29, 0.717) is 49.4 Å². The summed E-state index contributed by atoms with van der Waals surface area (Å²) in [6, 6.07) is 1.49. The molecule has 1 unspecified atom stereocenters. The van der Waals surface area contributed by atoms with Crippen LogP contribution in [0.4, 0.5) is 10.1 Å². The number of methoxy groups -OCH3 is 1. The maximum atomic E-state index is 15.5. The van der Waals surface area contributed by atoms with Crippen molar-refractivity contribution in [2.24, 2.45) is 5.92 Å². The number of piperazine rings is 1. The number of rotatable bonds is 8. The van der Waals surface area contributed by atoms with E-state index in [0.717, 1.165) is 12.8 Å². The predicted octanol–water partition coefficient (Wildman–Crippen LogP) is 3.10. The van der Waals surface area contributed by atoms with Crippen molar-refractivity contribution in [3.8, 4) is 30.4 Å². The van der Waals surface area contributed by atoms with Crippen molar-refractivity contribution in [3.63, 3.8) is 0 Å². The lowest BCUT2D eigenvalue weighted by Crippen LogP contribution is -2.49. The minimum absolute atomic E-state index is 0.00589. The molecule has 2 heterocycles. The van der Waals surface area contributed by atoms with Gasteiger partial charge in [0, 0.05) is 56.7 Å². The average molecular weight is 480 g/mol. The number of anilines is 1. The van der Waals surface area contributed by atoms with Crippen LogP contribution in [-0.2, 0) is 4.74 Å². The number of carbonyl (C=O) groups is 1. The molecule has 1 N–H and O–H groups in total. The van der Waals surface area contributed by atoms with Crippen molar-refractivity contribution in [3.05, 3.63) is 33.9 Å². The lowest BCUT2D eigenvalue weighted by Gasteiger charge is -2.35. The Morgan fingerprint density at radius 3 is 2.63 bits per heavy atom. The van der Waals surface area contributed by atoms with Crippen molar-refractivity contribution >= 4 is 22.6 Å². The molecule has 1 aliphatic carbocycles. The van der Waals surface area contributed by atoms with Crippen LogP contribution in [-0.4, -0.2) is 49.9 Å². The van der Waals surface area contributed by atoms with Crippen LogP contribution in [0, 0.1) is 36.4 Å². The van der Waals surface area contributed by atoms with Crippen LogP contribution in [0.5, 0.6) is 5.75 Å². The summed E-state index contributed by atoms with van der Waals surface area (Å²) in [5.74, 6) is 3.82.